The molecule has 0 spiro atoms. The molecule has 1 unspecified atom stereocenters. The number of benzene rings is 1. The molecule has 1 nitrogen and oxygen atoms in total. The van der Waals surface area contributed by atoms with Gasteiger partial charge in [-0.05, 0) is 40.0 Å². The molecule has 3 heteroatoms. The zero-order chi connectivity index (χ0) is 10.6. The van der Waals surface area contributed by atoms with E-state index < -0.39 is 0 Å². The van der Waals surface area contributed by atoms with E-state index in [0.29, 0.717) is 17.3 Å². The quantitative estimate of drug-likeness (QED) is 0.826. The Kier molecular flexibility index (Phi) is 4.12. The van der Waals surface area contributed by atoms with Crippen LogP contribution >= 0.6 is 15.9 Å². The lowest BCUT2D eigenvalue weighted by molar-refractivity contribution is 0.614. The van der Waals surface area contributed by atoms with E-state index in [2.05, 4.69) is 21.9 Å². The number of rotatable bonds is 3. The van der Waals surface area contributed by atoms with Crippen LogP contribution in [0.5, 0.6) is 0 Å². The van der Waals surface area contributed by atoms with Gasteiger partial charge in [0, 0.05) is 12.5 Å². The van der Waals surface area contributed by atoms with Crippen molar-refractivity contribution < 1.29 is 4.39 Å². The van der Waals surface area contributed by atoms with E-state index in [0.717, 1.165) is 5.56 Å². The van der Waals surface area contributed by atoms with Gasteiger partial charge in [-0.25, -0.2) is 4.39 Å². The fourth-order valence-electron chi connectivity index (χ4n) is 1.15. The molecular weight excluding hydrogens is 245 g/mol. The van der Waals surface area contributed by atoms with Crippen LogP contribution in [0.15, 0.2) is 22.7 Å². The van der Waals surface area contributed by atoms with Crippen molar-refractivity contribution in [3.05, 3.63) is 34.1 Å². The highest BCUT2D eigenvalue weighted by atomic mass is 79.9. The SMILES string of the molecule is C#CCCC(N)c1ccc(F)c(Br)c1. The Morgan fingerprint density at radius 3 is 2.86 bits per heavy atom. The van der Waals surface area contributed by atoms with E-state index in [9.17, 15) is 4.39 Å². The van der Waals surface area contributed by atoms with Crippen molar-refractivity contribution >= 4 is 15.9 Å². The molecule has 0 heterocycles. The standard InChI is InChI=1S/C11H11BrFN/c1-2-3-4-11(14)8-5-6-10(13)9(12)7-8/h1,5-7,11H,3-4,14H2. The Labute approximate surface area is 91.6 Å². The third kappa shape index (κ3) is 2.83. The van der Waals surface area contributed by atoms with E-state index in [1.54, 1.807) is 12.1 Å². The zero-order valence-electron chi connectivity index (χ0n) is 7.63. The molecule has 0 amide bonds. The number of nitrogens with two attached hydrogens (primary N) is 1. The van der Waals surface area contributed by atoms with Crippen LogP contribution in [-0.4, -0.2) is 0 Å². The predicted molar refractivity (Wildman–Crippen MR) is 59.1 cm³/mol. The molecule has 0 aromatic heterocycles. The molecule has 0 saturated carbocycles. The fraction of sp³-hybridized carbons (Fsp3) is 0.273. The van der Waals surface area contributed by atoms with Crippen molar-refractivity contribution in [2.75, 3.05) is 0 Å². The Balaban J connectivity index is 2.76. The first-order valence-corrected chi connectivity index (χ1v) is 5.08. The molecule has 1 aromatic carbocycles. The Morgan fingerprint density at radius 2 is 2.29 bits per heavy atom. The number of halogens is 2. The van der Waals surface area contributed by atoms with Crippen molar-refractivity contribution in [2.45, 2.75) is 18.9 Å². The van der Waals surface area contributed by atoms with E-state index >= 15 is 0 Å². The van der Waals surface area contributed by atoms with E-state index in [1.165, 1.54) is 6.07 Å². The lowest BCUT2D eigenvalue weighted by atomic mass is 10.0. The highest BCUT2D eigenvalue weighted by molar-refractivity contribution is 9.10. The highest BCUT2D eigenvalue weighted by Gasteiger charge is 2.07. The molecule has 0 aliphatic carbocycles. The van der Waals surface area contributed by atoms with Crippen LogP contribution < -0.4 is 5.73 Å². The van der Waals surface area contributed by atoms with Crippen LogP contribution in [0.2, 0.25) is 0 Å². The predicted octanol–water partition coefficient (Wildman–Crippen LogP) is 3.00. The Bertz CT molecular complexity index is 357. The van der Waals surface area contributed by atoms with Gasteiger partial charge in [0.2, 0.25) is 0 Å². The van der Waals surface area contributed by atoms with Crippen LogP contribution in [0.4, 0.5) is 4.39 Å². The summed E-state index contributed by atoms with van der Waals surface area (Å²) in [5.41, 5.74) is 6.76. The molecular formula is C11H11BrFN. The summed E-state index contributed by atoms with van der Waals surface area (Å²) in [7, 11) is 0. The molecule has 14 heavy (non-hydrogen) atoms. The van der Waals surface area contributed by atoms with Crippen molar-refractivity contribution in [3.63, 3.8) is 0 Å². The first-order chi connectivity index (χ1) is 6.65. The van der Waals surface area contributed by atoms with Gasteiger partial charge in [0.1, 0.15) is 5.82 Å². The number of terminal acetylenes is 1. The third-order valence-electron chi connectivity index (χ3n) is 1.97. The van der Waals surface area contributed by atoms with Crippen LogP contribution in [0.1, 0.15) is 24.4 Å². The molecule has 2 N–H and O–H groups in total. The minimum Gasteiger partial charge on any atom is -0.324 e. The fourth-order valence-corrected chi connectivity index (χ4v) is 1.55. The number of hydrogen-bond acceptors (Lipinski definition) is 1. The van der Waals surface area contributed by atoms with Gasteiger partial charge in [0.05, 0.1) is 4.47 Å². The van der Waals surface area contributed by atoms with Gasteiger partial charge in [-0.2, -0.15) is 0 Å². The van der Waals surface area contributed by atoms with Crippen LogP contribution in [-0.2, 0) is 0 Å². The summed E-state index contributed by atoms with van der Waals surface area (Å²) in [5, 5.41) is 0. The smallest absolute Gasteiger partial charge is 0.137 e. The molecule has 1 rings (SSSR count). The summed E-state index contributed by atoms with van der Waals surface area (Å²) in [5.74, 6) is 2.25. The van der Waals surface area contributed by atoms with Crippen molar-refractivity contribution in [1.29, 1.82) is 0 Å². The maximum Gasteiger partial charge on any atom is 0.137 e. The van der Waals surface area contributed by atoms with Crippen molar-refractivity contribution in [3.8, 4) is 12.3 Å². The van der Waals surface area contributed by atoms with E-state index in [-0.39, 0.29) is 11.9 Å². The minimum absolute atomic E-state index is 0.122. The summed E-state index contributed by atoms with van der Waals surface area (Å²) in [6.45, 7) is 0. The topological polar surface area (TPSA) is 26.0 Å². The van der Waals surface area contributed by atoms with Gasteiger partial charge < -0.3 is 5.73 Å². The second kappa shape index (κ2) is 5.14. The van der Waals surface area contributed by atoms with E-state index in [1.807, 2.05) is 0 Å². The largest absolute Gasteiger partial charge is 0.324 e. The van der Waals surface area contributed by atoms with E-state index in [4.69, 9.17) is 12.2 Å². The second-order valence-electron chi connectivity index (χ2n) is 3.02. The molecule has 0 radical (unpaired) electrons. The molecule has 1 atom stereocenters. The molecule has 0 saturated heterocycles. The monoisotopic (exact) mass is 255 g/mol. The lowest BCUT2D eigenvalue weighted by Gasteiger charge is -2.10. The van der Waals surface area contributed by atoms with Gasteiger partial charge >= 0.3 is 0 Å². The lowest BCUT2D eigenvalue weighted by Crippen LogP contribution is -2.09. The summed E-state index contributed by atoms with van der Waals surface area (Å²) < 4.78 is 13.3. The van der Waals surface area contributed by atoms with Gasteiger partial charge in [0.15, 0.2) is 0 Å². The van der Waals surface area contributed by atoms with Gasteiger partial charge in [-0.15, -0.1) is 12.3 Å². The molecule has 0 bridgehead atoms. The molecule has 0 aliphatic heterocycles. The third-order valence-corrected chi connectivity index (χ3v) is 2.58. The number of hydrogen-bond donors (Lipinski definition) is 1. The molecule has 1 aromatic rings. The van der Waals surface area contributed by atoms with Crippen LogP contribution in [0.3, 0.4) is 0 Å². The molecule has 74 valence electrons. The maximum atomic E-state index is 12.9. The first kappa shape index (κ1) is 11.2. The average Bonchev–Trinajstić information content (AvgIpc) is 2.18. The van der Waals surface area contributed by atoms with Crippen molar-refractivity contribution in [1.82, 2.24) is 0 Å². The van der Waals surface area contributed by atoms with Crippen LogP contribution in [0, 0.1) is 18.2 Å². The highest BCUT2D eigenvalue weighted by Crippen LogP contribution is 2.22. The maximum absolute atomic E-state index is 12.9. The van der Waals surface area contributed by atoms with Gasteiger partial charge in [0.25, 0.3) is 0 Å². The second-order valence-corrected chi connectivity index (χ2v) is 3.88. The van der Waals surface area contributed by atoms with Crippen LogP contribution in [0.25, 0.3) is 0 Å². The van der Waals surface area contributed by atoms with Gasteiger partial charge in [-0.3, -0.25) is 0 Å². The molecule has 0 aliphatic rings. The van der Waals surface area contributed by atoms with Crippen molar-refractivity contribution in [2.24, 2.45) is 5.73 Å². The normalized spacial score (nSPS) is 12.1. The average molecular weight is 256 g/mol. The summed E-state index contributed by atoms with van der Waals surface area (Å²) in [6.07, 6.45) is 6.49. The zero-order valence-corrected chi connectivity index (χ0v) is 9.22. The molecule has 0 fully saturated rings. The van der Waals surface area contributed by atoms with Gasteiger partial charge in [-0.1, -0.05) is 6.07 Å². The first-order valence-electron chi connectivity index (χ1n) is 4.29. The Hall–Kier alpha value is -0.850. The Morgan fingerprint density at radius 1 is 1.57 bits per heavy atom. The summed E-state index contributed by atoms with van der Waals surface area (Å²) in [6, 6.07) is 4.65. The minimum atomic E-state index is -0.280. The summed E-state index contributed by atoms with van der Waals surface area (Å²) >= 11 is 3.11. The summed E-state index contributed by atoms with van der Waals surface area (Å²) in [4.78, 5) is 0.